The first kappa shape index (κ1) is 28.1. The number of rotatable bonds is 7. The predicted octanol–water partition coefficient (Wildman–Crippen LogP) is 7.46. The average Bonchev–Trinajstić information content (AvgIpc) is 3.36. The minimum atomic E-state index is -3.65. The topological polar surface area (TPSA) is 82.9 Å². The molecule has 0 bridgehead atoms. The molecular formula is C28H26Br2N4O3S2. The number of sulfonamides is 1. The van der Waals surface area contributed by atoms with Gasteiger partial charge in [-0.25, -0.2) is 13.4 Å². The smallest absolute Gasteiger partial charge is 0.267 e. The Labute approximate surface area is 248 Å². The second-order valence-corrected chi connectivity index (χ2v) is 14.0. The van der Waals surface area contributed by atoms with Gasteiger partial charge in [-0.05, 0) is 79.4 Å². The maximum absolute atomic E-state index is 13.7. The van der Waals surface area contributed by atoms with Crippen LogP contribution >= 0.6 is 43.2 Å². The van der Waals surface area contributed by atoms with Gasteiger partial charge in [-0.3, -0.25) is 4.79 Å². The molecule has 2 heterocycles. The molecular weight excluding hydrogens is 664 g/mol. The van der Waals surface area contributed by atoms with Gasteiger partial charge in [0.15, 0.2) is 0 Å². The lowest BCUT2D eigenvalue weighted by molar-refractivity contribution is 0.0987. The van der Waals surface area contributed by atoms with Crippen LogP contribution in [0, 0.1) is 0 Å². The Morgan fingerprint density at radius 3 is 2.51 bits per heavy atom. The Morgan fingerprint density at radius 2 is 1.79 bits per heavy atom. The van der Waals surface area contributed by atoms with Crippen molar-refractivity contribution < 1.29 is 13.2 Å². The molecule has 4 aromatic rings. The number of benzene rings is 3. The third-order valence-corrected chi connectivity index (χ3v) is 10.6. The molecule has 39 heavy (non-hydrogen) atoms. The number of thiazole rings is 1. The normalized spacial score (nSPS) is 16.6. The SMILES string of the molecule is CCC1CCCCN1S(=O)(=O)c1ccc(C(=O)N(/N=C/c2ccc(Br)cc2)c2nc3ccc(Br)cc3s2)cc1. The molecule has 0 saturated carbocycles. The fourth-order valence-electron chi connectivity index (χ4n) is 4.56. The molecule has 1 fully saturated rings. The standard InChI is InChI=1S/C28H26Br2N4O3S2/c1-2-23-5-3-4-16-33(23)39(36,37)24-13-8-20(9-14-24)27(35)34(31-18-19-6-10-21(29)11-7-19)28-32-25-15-12-22(30)17-26(25)38-28/h6-15,17-18,23H,2-5,16H2,1H3/b31-18+. The van der Waals surface area contributed by atoms with Gasteiger partial charge in [-0.15, -0.1) is 0 Å². The van der Waals surface area contributed by atoms with E-state index in [-0.39, 0.29) is 10.9 Å². The van der Waals surface area contributed by atoms with Crippen molar-refractivity contribution in [1.82, 2.24) is 9.29 Å². The summed E-state index contributed by atoms with van der Waals surface area (Å²) in [5, 5.41) is 6.19. The van der Waals surface area contributed by atoms with Crippen LogP contribution in [0.4, 0.5) is 5.13 Å². The van der Waals surface area contributed by atoms with Crippen LogP contribution in [0.25, 0.3) is 10.2 Å². The summed E-state index contributed by atoms with van der Waals surface area (Å²) in [6.45, 7) is 2.54. The summed E-state index contributed by atoms with van der Waals surface area (Å²) in [7, 11) is -3.65. The minimum absolute atomic E-state index is 0.00701. The minimum Gasteiger partial charge on any atom is -0.267 e. The maximum atomic E-state index is 13.7. The van der Waals surface area contributed by atoms with Gasteiger partial charge in [-0.2, -0.15) is 14.4 Å². The van der Waals surface area contributed by atoms with E-state index in [0.29, 0.717) is 17.2 Å². The molecule has 1 aromatic heterocycles. The van der Waals surface area contributed by atoms with E-state index in [1.165, 1.54) is 28.5 Å². The van der Waals surface area contributed by atoms with Crippen molar-refractivity contribution in [3.05, 3.63) is 86.8 Å². The molecule has 0 aliphatic carbocycles. The van der Waals surface area contributed by atoms with Crippen LogP contribution in [0.15, 0.2) is 85.7 Å². The van der Waals surface area contributed by atoms with Gasteiger partial charge >= 0.3 is 0 Å². The summed E-state index contributed by atoms with van der Waals surface area (Å²) in [5.74, 6) is -0.408. The number of hydrogen-bond acceptors (Lipinski definition) is 6. The van der Waals surface area contributed by atoms with Crippen molar-refractivity contribution in [1.29, 1.82) is 0 Å². The van der Waals surface area contributed by atoms with Crippen molar-refractivity contribution in [2.45, 2.75) is 43.5 Å². The number of nitrogens with zero attached hydrogens (tertiary/aromatic N) is 4. The first-order chi connectivity index (χ1) is 18.8. The van der Waals surface area contributed by atoms with Crippen molar-refractivity contribution in [2.24, 2.45) is 5.10 Å². The molecule has 3 aromatic carbocycles. The van der Waals surface area contributed by atoms with Gasteiger partial charge in [-0.1, -0.05) is 68.7 Å². The van der Waals surface area contributed by atoms with Gasteiger partial charge in [0.1, 0.15) is 0 Å². The van der Waals surface area contributed by atoms with Crippen molar-refractivity contribution in [2.75, 3.05) is 11.6 Å². The Balaban J connectivity index is 1.47. The number of hydrazone groups is 1. The number of anilines is 1. The van der Waals surface area contributed by atoms with Crippen LogP contribution in [0.2, 0.25) is 0 Å². The molecule has 7 nitrogen and oxygen atoms in total. The number of carbonyl (C=O) groups is 1. The lowest BCUT2D eigenvalue weighted by atomic mass is 10.0. The zero-order valence-corrected chi connectivity index (χ0v) is 25.9. The van der Waals surface area contributed by atoms with E-state index < -0.39 is 15.9 Å². The summed E-state index contributed by atoms with van der Waals surface area (Å²) in [6, 6.07) is 19.4. The highest BCUT2D eigenvalue weighted by molar-refractivity contribution is 9.10. The molecule has 202 valence electrons. The number of halogens is 2. The van der Waals surface area contributed by atoms with E-state index in [1.807, 2.05) is 49.4 Å². The molecule has 0 radical (unpaired) electrons. The molecule has 1 aliphatic heterocycles. The summed E-state index contributed by atoms with van der Waals surface area (Å²) in [5.41, 5.74) is 1.88. The fraction of sp³-hybridized carbons (Fsp3) is 0.250. The van der Waals surface area contributed by atoms with Crippen molar-refractivity contribution >= 4 is 80.7 Å². The molecule has 1 amide bonds. The number of carbonyl (C=O) groups excluding carboxylic acids is 1. The molecule has 0 N–H and O–H groups in total. The quantitative estimate of drug-likeness (QED) is 0.149. The van der Waals surface area contributed by atoms with Gasteiger partial charge in [0.05, 0.1) is 21.3 Å². The van der Waals surface area contributed by atoms with Crippen LogP contribution in [0.3, 0.4) is 0 Å². The third kappa shape index (κ3) is 6.17. The lowest BCUT2D eigenvalue weighted by Crippen LogP contribution is -2.43. The molecule has 0 spiro atoms. The van der Waals surface area contributed by atoms with E-state index in [4.69, 9.17) is 0 Å². The largest absolute Gasteiger partial charge is 0.280 e. The highest BCUT2D eigenvalue weighted by Crippen LogP contribution is 2.32. The predicted molar refractivity (Wildman–Crippen MR) is 164 cm³/mol. The second-order valence-electron chi connectivity index (χ2n) is 9.22. The zero-order valence-electron chi connectivity index (χ0n) is 21.1. The number of amides is 1. The number of fused-ring (bicyclic) bond motifs is 1. The van der Waals surface area contributed by atoms with E-state index in [2.05, 4.69) is 41.9 Å². The van der Waals surface area contributed by atoms with Crippen LogP contribution in [0.5, 0.6) is 0 Å². The zero-order chi connectivity index (χ0) is 27.6. The maximum Gasteiger partial charge on any atom is 0.280 e. The summed E-state index contributed by atoms with van der Waals surface area (Å²) >= 11 is 8.26. The summed E-state index contributed by atoms with van der Waals surface area (Å²) in [6.07, 6.45) is 5.15. The molecule has 5 rings (SSSR count). The number of hydrogen-bond donors (Lipinski definition) is 0. The van der Waals surface area contributed by atoms with Crippen LogP contribution in [-0.2, 0) is 10.0 Å². The first-order valence-electron chi connectivity index (χ1n) is 12.6. The third-order valence-electron chi connectivity index (χ3n) is 6.66. The highest BCUT2D eigenvalue weighted by Gasteiger charge is 2.32. The van der Waals surface area contributed by atoms with Gasteiger partial charge in [0.2, 0.25) is 15.2 Å². The molecule has 11 heteroatoms. The number of aromatic nitrogens is 1. The lowest BCUT2D eigenvalue weighted by Gasteiger charge is -2.34. The molecule has 1 saturated heterocycles. The fourth-order valence-corrected chi connectivity index (χ4v) is 8.07. The van der Waals surface area contributed by atoms with Crippen LogP contribution in [-0.4, -0.2) is 42.4 Å². The van der Waals surface area contributed by atoms with Crippen LogP contribution < -0.4 is 5.01 Å². The van der Waals surface area contributed by atoms with Crippen LogP contribution in [0.1, 0.15) is 48.5 Å². The average molecular weight is 690 g/mol. The van der Waals surface area contributed by atoms with E-state index in [1.54, 1.807) is 22.7 Å². The van der Waals surface area contributed by atoms with Gasteiger partial charge < -0.3 is 0 Å². The van der Waals surface area contributed by atoms with Crippen molar-refractivity contribution in [3.8, 4) is 0 Å². The second kappa shape index (κ2) is 12.0. The molecule has 1 unspecified atom stereocenters. The van der Waals surface area contributed by atoms with Crippen molar-refractivity contribution in [3.63, 3.8) is 0 Å². The Morgan fingerprint density at radius 1 is 1.08 bits per heavy atom. The van der Waals surface area contributed by atoms with E-state index in [9.17, 15) is 13.2 Å². The Kier molecular flexibility index (Phi) is 8.63. The Bertz CT molecular complexity index is 1620. The first-order valence-corrected chi connectivity index (χ1v) is 16.4. The van der Waals surface area contributed by atoms with E-state index >= 15 is 0 Å². The molecule has 1 atom stereocenters. The van der Waals surface area contributed by atoms with E-state index in [0.717, 1.165) is 50.4 Å². The monoisotopic (exact) mass is 688 g/mol. The Hall–Kier alpha value is -2.44. The number of piperidine rings is 1. The molecule has 1 aliphatic rings. The van der Waals surface area contributed by atoms with Gasteiger partial charge in [0.25, 0.3) is 5.91 Å². The summed E-state index contributed by atoms with van der Waals surface area (Å²) in [4.78, 5) is 18.6. The van der Waals surface area contributed by atoms with Gasteiger partial charge in [0, 0.05) is 27.1 Å². The summed E-state index contributed by atoms with van der Waals surface area (Å²) < 4.78 is 31.2. The highest BCUT2D eigenvalue weighted by atomic mass is 79.9.